The highest BCUT2D eigenvalue weighted by Gasteiger charge is 2.44. The molecule has 0 radical (unpaired) electrons. The molecule has 16 heavy (non-hydrogen) atoms. The lowest BCUT2D eigenvalue weighted by atomic mass is 10.1. The minimum absolute atomic E-state index is 0.134. The number of carboxylic acids is 1. The molecule has 2 nitrogen and oxygen atoms in total. The minimum atomic E-state index is -0.653. The van der Waals surface area contributed by atoms with Gasteiger partial charge >= 0.3 is 5.97 Å². The smallest absolute Gasteiger partial charge is 0.307 e. The second kappa shape index (κ2) is 4.13. The Morgan fingerprint density at radius 2 is 1.88 bits per heavy atom. The second-order valence-electron chi connectivity index (χ2n) is 4.56. The van der Waals surface area contributed by atoms with Crippen molar-refractivity contribution < 1.29 is 9.90 Å². The Bertz CT molecular complexity index is 417. The van der Waals surface area contributed by atoms with Crippen LogP contribution in [-0.2, 0) is 4.79 Å². The van der Waals surface area contributed by atoms with Gasteiger partial charge in [0.25, 0.3) is 0 Å². The van der Waals surface area contributed by atoms with Gasteiger partial charge < -0.3 is 5.11 Å². The van der Waals surface area contributed by atoms with Crippen LogP contribution < -0.4 is 0 Å². The number of hydrogen-bond acceptors (Lipinski definition) is 2. The molecular formula is C13H16O2S. The van der Waals surface area contributed by atoms with Crippen molar-refractivity contribution in [3.63, 3.8) is 0 Å². The predicted octanol–water partition coefficient (Wildman–Crippen LogP) is 3.18. The van der Waals surface area contributed by atoms with Crippen molar-refractivity contribution in [1.82, 2.24) is 0 Å². The average Bonchev–Trinajstić information content (AvgIpc) is 2.90. The molecule has 1 aromatic carbocycles. The number of carboxylic acid groups (broad SMARTS) is 1. The van der Waals surface area contributed by atoms with Gasteiger partial charge in [-0.1, -0.05) is 17.7 Å². The number of rotatable bonds is 3. The molecule has 86 valence electrons. The lowest BCUT2D eigenvalue weighted by Gasteiger charge is -2.10. The van der Waals surface area contributed by atoms with E-state index in [9.17, 15) is 4.79 Å². The number of benzene rings is 1. The van der Waals surface area contributed by atoms with Crippen molar-refractivity contribution in [2.24, 2.45) is 5.92 Å². The van der Waals surface area contributed by atoms with Gasteiger partial charge in [-0.15, -0.1) is 11.8 Å². The Kier molecular flexibility index (Phi) is 2.98. The normalized spacial score (nSPS) is 23.2. The fourth-order valence-electron chi connectivity index (χ4n) is 2.07. The van der Waals surface area contributed by atoms with Crippen LogP contribution >= 0.6 is 11.8 Å². The van der Waals surface area contributed by atoms with Gasteiger partial charge in [0.15, 0.2) is 0 Å². The molecule has 0 saturated heterocycles. The molecule has 1 aromatic rings. The lowest BCUT2D eigenvalue weighted by Crippen LogP contribution is -2.00. The maximum Gasteiger partial charge on any atom is 0.307 e. The topological polar surface area (TPSA) is 37.3 Å². The van der Waals surface area contributed by atoms with E-state index < -0.39 is 5.97 Å². The van der Waals surface area contributed by atoms with Gasteiger partial charge in [-0.05, 0) is 38.3 Å². The molecule has 0 aromatic heterocycles. The van der Waals surface area contributed by atoms with Crippen molar-refractivity contribution in [3.8, 4) is 0 Å². The van der Waals surface area contributed by atoms with Crippen LogP contribution in [-0.4, -0.2) is 16.3 Å². The Labute approximate surface area is 100 Å². The molecule has 2 atom stereocenters. The summed E-state index contributed by atoms with van der Waals surface area (Å²) < 4.78 is 0. The minimum Gasteiger partial charge on any atom is -0.481 e. The van der Waals surface area contributed by atoms with Gasteiger partial charge in [-0.2, -0.15) is 0 Å². The van der Waals surface area contributed by atoms with Crippen LogP contribution in [0.25, 0.3) is 0 Å². The van der Waals surface area contributed by atoms with E-state index in [-0.39, 0.29) is 11.2 Å². The maximum absolute atomic E-state index is 10.8. The van der Waals surface area contributed by atoms with Gasteiger partial charge in [0.1, 0.15) is 0 Å². The first-order chi connectivity index (χ1) is 7.49. The van der Waals surface area contributed by atoms with Crippen LogP contribution in [0.3, 0.4) is 0 Å². The van der Waals surface area contributed by atoms with Gasteiger partial charge in [-0.3, -0.25) is 4.79 Å². The molecule has 1 saturated carbocycles. The summed E-state index contributed by atoms with van der Waals surface area (Å²) in [5.74, 6) is -0.787. The molecule has 1 fully saturated rings. The molecule has 0 spiro atoms. The third-order valence-corrected chi connectivity index (χ3v) is 4.63. The third-order valence-electron chi connectivity index (χ3n) is 2.92. The number of aliphatic carboxylic acids is 1. The van der Waals surface area contributed by atoms with Gasteiger partial charge in [0, 0.05) is 10.1 Å². The lowest BCUT2D eigenvalue weighted by molar-refractivity contribution is -0.138. The van der Waals surface area contributed by atoms with E-state index in [1.165, 1.54) is 21.6 Å². The number of carbonyl (C=O) groups is 1. The quantitative estimate of drug-likeness (QED) is 0.875. The highest BCUT2D eigenvalue weighted by molar-refractivity contribution is 8.00. The molecule has 0 bridgehead atoms. The highest BCUT2D eigenvalue weighted by atomic mass is 32.2. The fourth-order valence-corrected chi connectivity index (χ4v) is 3.44. The number of hydrogen-bond donors (Lipinski definition) is 1. The molecule has 1 N–H and O–H groups in total. The van der Waals surface area contributed by atoms with Crippen LogP contribution in [0.1, 0.15) is 23.1 Å². The first-order valence-electron chi connectivity index (χ1n) is 5.46. The van der Waals surface area contributed by atoms with E-state index in [4.69, 9.17) is 5.11 Å². The maximum atomic E-state index is 10.8. The Morgan fingerprint density at radius 3 is 2.31 bits per heavy atom. The van der Waals surface area contributed by atoms with Gasteiger partial charge in [0.05, 0.1) is 5.92 Å². The fraction of sp³-hybridized carbons (Fsp3) is 0.462. The summed E-state index contributed by atoms with van der Waals surface area (Å²) >= 11 is 1.73. The van der Waals surface area contributed by atoms with Crippen molar-refractivity contribution >= 4 is 17.7 Å². The van der Waals surface area contributed by atoms with Crippen molar-refractivity contribution in [2.45, 2.75) is 37.3 Å². The second-order valence-corrected chi connectivity index (χ2v) is 5.81. The van der Waals surface area contributed by atoms with E-state index in [2.05, 4.69) is 32.9 Å². The highest BCUT2D eigenvalue weighted by Crippen LogP contribution is 2.47. The van der Waals surface area contributed by atoms with Crippen LogP contribution in [0.15, 0.2) is 17.0 Å². The largest absolute Gasteiger partial charge is 0.481 e. The van der Waals surface area contributed by atoms with Crippen molar-refractivity contribution in [1.29, 1.82) is 0 Å². The predicted molar refractivity (Wildman–Crippen MR) is 66.0 cm³/mol. The first kappa shape index (κ1) is 11.5. The zero-order valence-electron chi connectivity index (χ0n) is 9.78. The molecule has 2 unspecified atom stereocenters. The average molecular weight is 236 g/mol. The summed E-state index contributed by atoms with van der Waals surface area (Å²) in [5, 5.41) is 9.15. The summed E-state index contributed by atoms with van der Waals surface area (Å²) in [4.78, 5) is 12.0. The van der Waals surface area contributed by atoms with E-state index in [0.29, 0.717) is 0 Å². The molecule has 2 rings (SSSR count). The molecule has 1 aliphatic carbocycles. The number of aryl methyl sites for hydroxylation is 3. The molecule has 3 heteroatoms. The standard InChI is InChI=1S/C13H16O2S/c1-7-4-8(2)12(9(3)5-7)16-11-6-10(11)13(14)15/h4-5,10-11H,6H2,1-3H3,(H,14,15). The Hall–Kier alpha value is -0.960. The SMILES string of the molecule is Cc1cc(C)c(SC2CC2C(=O)O)c(C)c1. The van der Waals surface area contributed by atoms with Gasteiger partial charge in [0.2, 0.25) is 0 Å². The molecule has 0 heterocycles. The van der Waals surface area contributed by atoms with Crippen molar-refractivity contribution in [2.75, 3.05) is 0 Å². The monoisotopic (exact) mass is 236 g/mol. The zero-order chi connectivity index (χ0) is 11.9. The third kappa shape index (κ3) is 2.24. The summed E-state index contributed by atoms with van der Waals surface area (Å²) in [5.41, 5.74) is 3.79. The van der Waals surface area contributed by atoms with Crippen LogP contribution in [0, 0.1) is 26.7 Å². The van der Waals surface area contributed by atoms with E-state index in [1.807, 2.05) is 0 Å². The first-order valence-corrected chi connectivity index (χ1v) is 6.34. The molecular weight excluding hydrogens is 220 g/mol. The van der Waals surface area contributed by atoms with Gasteiger partial charge in [-0.25, -0.2) is 0 Å². The number of thioether (sulfide) groups is 1. The summed E-state index contributed by atoms with van der Waals surface area (Å²) in [6.07, 6.45) is 0.812. The van der Waals surface area contributed by atoms with E-state index >= 15 is 0 Å². The summed E-state index contributed by atoms with van der Waals surface area (Å²) in [7, 11) is 0. The Morgan fingerprint density at radius 1 is 1.31 bits per heavy atom. The zero-order valence-corrected chi connectivity index (χ0v) is 10.6. The summed E-state index contributed by atoms with van der Waals surface area (Å²) in [6.45, 7) is 6.28. The Balaban J connectivity index is 2.14. The molecule has 1 aliphatic rings. The van der Waals surface area contributed by atoms with Crippen LogP contribution in [0.2, 0.25) is 0 Å². The van der Waals surface area contributed by atoms with E-state index in [1.54, 1.807) is 11.8 Å². The molecule has 0 aliphatic heterocycles. The van der Waals surface area contributed by atoms with Crippen molar-refractivity contribution in [3.05, 3.63) is 28.8 Å². The van der Waals surface area contributed by atoms with Crippen LogP contribution in [0.4, 0.5) is 0 Å². The molecule has 0 amide bonds. The van der Waals surface area contributed by atoms with E-state index in [0.717, 1.165) is 6.42 Å². The van der Waals surface area contributed by atoms with Crippen LogP contribution in [0.5, 0.6) is 0 Å². The summed E-state index contributed by atoms with van der Waals surface area (Å²) in [6, 6.07) is 4.32.